The number of carbonyl (C=O) groups excluding carboxylic acids is 1. The molecule has 2 aromatic carbocycles. The molecule has 0 saturated carbocycles. The number of nitrogens with one attached hydrogen (secondary N) is 1. The maximum atomic E-state index is 13.0. The van der Waals surface area contributed by atoms with Crippen molar-refractivity contribution in [1.29, 1.82) is 0 Å². The number of hydrogen-bond acceptors (Lipinski definition) is 2. The Kier molecular flexibility index (Phi) is 7.65. The summed E-state index contributed by atoms with van der Waals surface area (Å²) in [6, 6.07) is 14.4. The van der Waals surface area contributed by atoms with Crippen LogP contribution in [0.3, 0.4) is 0 Å². The van der Waals surface area contributed by atoms with Gasteiger partial charge in [0, 0.05) is 24.8 Å². The van der Waals surface area contributed by atoms with E-state index in [0.29, 0.717) is 21.9 Å². The highest BCUT2D eigenvalue weighted by Gasteiger charge is 2.28. The summed E-state index contributed by atoms with van der Waals surface area (Å²) in [5.74, 6) is 1.04. The van der Waals surface area contributed by atoms with Crippen molar-refractivity contribution in [1.82, 2.24) is 10.2 Å². The molecule has 2 aliphatic rings. The Morgan fingerprint density at radius 3 is 2.53 bits per heavy atom. The number of para-hydroxylation sites is 1. The lowest BCUT2D eigenvalue weighted by Crippen LogP contribution is -2.52. The predicted octanol–water partition coefficient (Wildman–Crippen LogP) is 6.04. The standard InChI is InChI=1S/C26H33Cl2N3O/c1-18(2)24(29-26(32)31-14-11-21-5-3-4-6-25(21)31)17-30-12-9-19(10-13-30)15-20-7-8-22(27)23(28)16-20/h3-8,16,18-19,24H,9-15,17H2,1-2H3,(H,29,32). The van der Waals surface area contributed by atoms with E-state index in [2.05, 4.69) is 36.2 Å². The molecule has 6 heteroatoms. The summed E-state index contributed by atoms with van der Waals surface area (Å²) in [7, 11) is 0. The molecule has 0 radical (unpaired) electrons. The molecule has 1 atom stereocenters. The van der Waals surface area contributed by atoms with Crippen molar-refractivity contribution in [2.45, 2.75) is 45.6 Å². The Balaban J connectivity index is 1.28. The molecule has 0 spiro atoms. The number of amides is 2. The van der Waals surface area contributed by atoms with Crippen LogP contribution in [0.5, 0.6) is 0 Å². The molecule has 0 bridgehead atoms. The maximum absolute atomic E-state index is 13.0. The van der Waals surface area contributed by atoms with Crippen LogP contribution in [0.1, 0.15) is 37.8 Å². The lowest BCUT2D eigenvalue weighted by atomic mass is 9.89. The number of anilines is 1. The van der Waals surface area contributed by atoms with Crippen molar-refractivity contribution >= 4 is 34.9 Å². The van der Waals surface area contributed by atoms with Crippen molar-refractivity contribution in [3.8, 4) is 0 Å². The molecule has 1 saturated heterocycles. The van der Waals surface area contributed by atoms with Gasteiger partial charge in [-0.25, -0.2) is 4.79 Å². The Morgan fingerprint density at radius 2 is 1.81 bits per heavy atom. The molecule has 4 rings (SSSR count). The fraction of sp³-hybridized carbons (Fsp3) is 0.500. The van der Waals surface area contributed by atoms with Gasteiger partial charge < -0.3 is 10.2 Å². The summed E-state index contributed by atoms with van der Waals surface area (Å²) in [5, 5.41) is 4.58. The fourth-order valence-electron chi connectivity index (χ4n) is 4.86. The van der Waals surface area contributed by atoms with Crippen LogP contribution in [-0.2, 0) is 12.8 Å². The van der Waals surface area contributed by atoms with E-state index in [1.54, 1.807) is 0 Å². The van der Waals surface area contributed by atoms with Gasteiger partial charge in [0.05, 0.1) is 10.0 Å². The predicted molar refractivity (Wildman–Crippen MR) is 134 cm³/mol. The van der Waals surface area contributed by atoms with Crippen LogP contribution < -0.4 is 10.2 Å². The highest BCUT2D eigenvalue weighted by Crippen LogP contribution is 2.29. The van der Waals surface area contributed by atoms with Crippen LogP contribution in [0.4, 0.5) is 10.5 Å². The van der Waals surface area contributed by atoms with E-state index in [1.165, 1.54) is 24.0 Å². The summed E-state index contributed by atoms with van der Waals surface area (Å²) in [6.45, 7) is 8.18. The Labute approximate surface area is 201 Å². The minimum absolute atomic E-state index is 0.0307. The minimum atomic E-state index is 0.0307. The third-order valence-electron chi connectivity index (χ3n) is 6.92. The second-order valence-electron chi connectivity index (χ2n) is 9.53. The quantitative estimate of drug-likeness (QED) is 0.554. The van der Waals surface area contributed by atoms with Crippen LogP contribution in [0, 0.1) is 11.8 Å². The van der Waals surface area contributed by atoms with E-state index in [-0.39, 0.29) is 12.1 Å². The first kappa shape index (κ1) is 23.4. The van der Waals surface area contributed by atoms with Gasteiger partial charge in [-0.1, -0.05) is 61.3 Å². The van der Waals surface area contributed by atoms with Gasteiger partial charge in [-0.05, 0) is 79.9 Å². The smallest absolute Gasteiger partial charge is 0.322 e. The van der Waals surface area contributed by atoms with Crippen LogP contribution in [0.2, 0.25) is 10.0 Å². The number of piperidine rings is 1. The summed E-state index contributed by atoms with van der Waals surface area (Å²) in [4.78, 5) is 17.5. The largest absolute Gasteiger partial charge is 0.333 e. The topological polar surface area (TPSA) is 35.6 Å². The van der Waals surface area contributed by atoms with Gasteiger partial charge in [0.2, 0.25) is 0 Å². The summed E-state index contributed by atoms with van der Waals surface area (Å²) in [5.41, 5.74) is 3.57. The van der Waals surface area contributed by atoms with E-state index in [1.807, 2.05) is 35.2 Å². The second-order valence-corrected chi connectivity index (χ2v) is 10.3. The number of carbonyl (C=O) groups is 1. The lowest BCUT2D eigenvalue weighted by Gasteiger charge is -2.36. The molecule has 2 aromatic rings. The Bertz CT molecular complexity index is 940. The van der Waals surface area contributed by atoms with Crippen LogP contribution >= 0.6 is 23.2 Å². The zero-order chi connectivity index (χ0) is 22.7. The SMILES string of the molecule is CC(C)C(CN1CCC(Cc2ccc(Cl)c(Cl)c2)CC1)NC(=O)N1CCc2ccccc21. The molecule has 0 aliphatic carbocycles. The zero-order valence-electron chi connectivity index (χ0n) is 19.0. The van der Waals surface area contributed by atoms with Gasteiger partial charge in [0.25, 0.3) is 0 Å². The van der Waals surface area contributed by atoms with Crippen molar-refractivity contribution in [3.63, 3.8) is 0 Å². The molecular formula is C26H33Cl2N3O. The summed E-state index contributed by atoms with van der Waals surface area (Å²) in [6.07, 6.45) is 4.31. The molecule has 0 aromatic heterocycles. The number of benzene rings is 2. The van der Waals surface area contributed by atoms with E-state index in [9.17, 15) is 4.79 Å². The van der Waals surface area contributed by atoms with Gasteiger partial charge in [0.1, 0.15) is 0 Å². The molecule has 4 nitrogen and oxygen atoms in total. The van der Waals surface area contributed by atoms with Crippen molar-refractivity contribution < 1.29 is 4.79 Å². The molecule has 1 N–H and O–H groups in total. The molecule has 2 amide bonds. The fourth-order valence-corrected chi connectivity index (χ4v) is 5.18. The maximum Gasteiger partial charge on any atom is 0.322 e. The van der Waals surface area contributed by atoms with E-state index < -0.39 is 0 Å². The van der Waals surface area contributed by atoms with Gasteiger partial charge >= 0.3 is 6.03 Å². The highest BCUT2D eigenvalue weighted by molar-refractivity contribution is 6.42. The first-order valence-electron chi connectivity index (χ1n) is 11.7. The van der Waals surface area contributed by atoms with Crippen LogP contribution in [0.25, 0.3) is 0 Å². The van der Waals surface area contributed by atoms with Gasteiger partial charge in [-0.2, -0.15) is 0 Å². The number of halogens is 2. The third kappa shape index (κ3) is 5.59. The number of likely N-dealkylation sites (tertiary alicyclic amines) is 1. The first-order chi connectivity index (χ1) is 15.4. The Hall–Kier alpha value is -1.75. The molecular weight excluding hydrogens is 441 g/mol. The minimum Gasteiger partial charge on any atom is -0.333 e. The average Bonchev–Trinajstić information content (AvgIpc) is 3.21. The van der Waals surface area contributed by atoms with E-state index >= 15 is 0 Å². The first-order valence-corrected chi connectivity index (χ1v) is 12.5. The number of nitrogens with zero attached hydrogens (tertiary/aromatic N) is 2. The number of rotatable bonds is 6. The van der Waals surface area contributed by atoms with Gasteiger partial charge in [-0.15, -0.1) is 0 Å². The van der Waals surface area contributed by atoms with E-state index in [0.717, 1.165) is 44.7 Å². The van der Waals surface area contributed by atoms with Gasteiger partial charge in [-0.3, -0.25) is 4.90 Å². The summed E-state index contributed by atoms with van der Waals surface area (Å²) >= 11 is 12.2. The van der Waals surface area contributed by atoms with Crippen LogP contribution in [0.15, 0.2) is 42.5 Å². The van der Waals surface area contributed by atoms with Crippen molar-refractivity contribution in [2.24, 2.45) is 11.8 Å². The monoisotopic (exact) mass is 473 g/mol. The number of hydrogen-bond donors (Lipinski definition) is 1. The molecule has 32 heavy (non-hydrogen) atoms. The molecule has 2 aliphatic heterocycles. The second kappa shape index (κ2) is 10.5. The number of urea groups is 1. The lowest BCUT2D eigenvalue weighted by molar-refractivity contribution is 0.156. The zero-order valence-corrected chi connectivity index (χ0v) is 20.5. The van der Waals surface area contributed by atoms with Gasteiger partial charge in [0.15, 0.2) is 0 Å². The summed E-state index contributed by atoms with van der Waals surface area (Å²) < 4.78 is 0. The molecule has 1 fully saturated rings. The highest BCUT2D eigenvalue weighted by atomic mass is 35.5. The molecule has 172 valence electrons. The normalized spacial score (nSPS) is 18.1. The van der Waals surface area contributed by atoms with E-state index in [4.69, 9.17) is 23.2 Å². The molecule has 2 heterocycles. The van der Waals surface area contributed by atoms with Crippen LogP contribution in [-0.4, -0.2) is 43.2 Å². The Morgan fingerprint density at radius 1 is 1.06 bits per heavy atom. The average molecular weight is 474 g/mol. The molecule has 1 unspecified atom stereocenters. The van der Waals surface area contributed by atoms with Crippen molar-refractivity contribution in [2.75, 3.05) is 31.1 Å². The third-order valence-corrected chi connectivity index (χ3v) is 7.66. The van der Waals surface area contributed by atoms with Crippen molar-refractivity contribution in [3.05, 3.63) is 63.6 Å². The number of fused-ring (bicyclic) bond motifs is 1.